The first-order chi connectivity index (χ1) is 9.93. The Bertz CT molecular complexity index is 678. The van der Waals surface area contributed by atoms with Crippen LogP contribution in [0.5, 0.6) is 5.75 Å². The summed E-state index contributed by atoms with van der Waals surface area (Å²) in [5, 5.41) is -0.457. The van der Waals surface area contributed by atoms with Gasteiger partial charge in [-0.2, -0.15) is 0 Å². The van der Waals surface area contributed by atoms with Gasteiger partial charge in [-0.15, -0.1) is 0 Å². The number of hydrogen-bond donors (Lipinski definition) is 0. The van der Waals surface area contributed by atoms with Crippen molar-refractivity contribution in [1.82, 2.24) is 0 Å². The van der Waals surface area contributed by atoms with Crippen molar-refractivity contribution >= 4 is 15.4 Å². The van der Waals surface area contributed by atoms with Gasteiger partial charge in [-0.25, -0.2) is 8.42 Å². The summed E-state index contributed by atoms with van der Waals surface area (Å²) in [6.07, 6.45) is 5.26. The molecule has 0 aromatic heterocycles. The summed E-state index contributed by atoms with van der Waals surface area (Å²) in [5.41, 5.74) is 4.55. The minimum absolute atomic E-state index is 0.182. The lowest BCUT2D eigenvalue weighted by Crippen LogP contribution is -2.38. The standard InChI is InChI=1S/C17H22O3S/c1-11-7-13(8-12(2)17(11)20-3)14-9-15-5-4-6-16(10-14)21(15,18)19/h7-9,15-16H,4-6,10H2,1-3H3. The normalized spacial score (nSPS) is 27.1. The average molecular weight is 306 g/mol. The fourth-order valence-electron chi connectivity index (χ4n) is 3.73. The molecule has 1 saturated heterocycles. The van der Waals surface area contributed by atoms with Crippen LogP contribution in [0.15, 0.2) is 18.2 Å². The number of sulfone groups is 1. The molecule has 114 valence electrons. The van der Waals surface area contributed by atoms with Gasteiger partial charge in [-0.05, 0) is 67.5 Å². The molecule has 2 aliphatic heterocycles. The molecule has 0 aliphatic carbocycles. The van der Waals surface area contributed by atoms with E-state index in [1.807, 2.05) is 19.9 Å². The fourth-order valence-corrected chi connectivity index (χ4v) is 5.98. The Morgan fingerprint density at radius 1 is 1.14 bits per heavy atom. The van der Waals surface area contributed by atoms with Crippen LogP contribution >= 0.6 is 0 Å². The van der Waals surface area contributed by atoms with Crippen molar-refractivity contribution in [3.05, 3.63) is 34.9 Å². The first kappa shape index (κ1) is 14.6. The summed E-state index contributed by atoms with van der Waals surface area (Å²) in [4.78, 5) is 0. The molecule has 1 aromatic rings. The van der Waals surface area contributed by atoms with Crippen LogP contribution in [0.4, 0.5) is 0 Å². The van der Waals surface area contributed by atoms with Crippen LogP contribution in [-0.2, 0) is 9.84 Å². The zero-order valence-electron chi connectivity index (χ0n) is 12.8. The van der Waals surface area contributed by atoms with E-state index < -0.39 is 9.84 Å². The molecule has 2 bridgehead atoms. The van der Waals surface area contributed by atoms with Crippen LogP contribution in [0.1, 0.15) is 42.4 Å². The van der Waals surface area contributed by atoms with Crippen LogP contribution in [0.25, 0.3) is 5.57 Å². The zero-order valence-corrected chi connectivity index (χ0v) is 13.7. The van der Waals surface area contributed by atoms with Gasteiger partial charge in [-0.1, -0.05) is 12.5 Å². The van der Waals surface area contributed by atoms with Gasteiger partial charge in [0.15, 0.2) is 9.84 Å². The SMILES string of the molecule is COc1c(C)cc(C2=CC3CCCC(C2)S3(=O)=O)cc1C. The molecule has 1 aromatic carbocycles. The van der Waals surface area contributed by atoms with Gasteiger partial charge < -0.3 is 4.74 Å². The van der Waals surface area contributed by atoms with Crippen LogP contribution in [0, 0.1) is 13.8 Å². The minimum Gasteiger partial charge on any atom is -0.496 e. The number of rotatable bonds is 2. The lowest BCUT2D eigenvalue weighted by molar-refractivity contribution is 0.408. The average Bonchev–Trinajstić information content (AvgIpc) is 2.36. The van der Waals surface area contributed by atoms with E-state index in [0.717, 1.165) is 41.7 Å². The van der Waals surface area contributed by atoms with E-state index in [1.54, 1.807) is 7.11 Å². The van der Waals surface area contributed by atoms with Gasteiger partial charge >= 0.3 is 0 Å². The highest BCUT2D eigenvalue weighted by molar-refractivity contribution is 7.93. The summed E-state index contributed by atoms with van der Waals surface area (Å²) in [7, 11) is -1.25. The fraction of sp³-hybridized carbons (Fsp3) is 0.529. The van der Waals surface area contributed by atoms with Gasteiger partial charge in [-0.3, -0.25) is 0 Å². The van der Waals surface area contributed by atoms with E-state index >= 15 is 0 Å². The second-order valence-corrected chi connectivity index (χ2v) is 8.67. The van der Waals surface area contributed by atoms with Gasteiger partial charge in [0, 0.05) is 0 Å². The largest absolute Gasteiger partial charge is 0.496 e. The van der Waals surface area contributed by atoms with Crippen molar-refractivity contribution in [2.75, 3.05) is 7.11 Å². The Labute approximate surface area is 126 Å². The van der Waals surface area contributed by atoms with E-state index in [9.17, 15) is 8.42 Å². The molecule has 0 amide bonds. The molecular formula is C17H22O3S. The summed E-state index contributed by atoms with van der Waals surface area (Å²) >= 11 is 0. The van der Waals surface area contributed by atoms with Crippen molar-refractivity contribution in [2.24, 2.45) is 0 Å². The van der Waals surface area contributed by atoms with Crippen LogP contribution in [0.2, 0.25) is 0 Å². The number of allylic oxidation sites excluding steroid dienone is 1. The maximum Gasteiger partial charge on any atom is 0.159 e. The summed E-state index contributed by atoms with van der Waals surface area (Å²) in [5.74, 6) is 0.919. The maximum atomic E-state index is 12.3. The van der Waals surface area contributed by atoms with Crippen molar-refractivity contribution < 1.29 is 13.2 Å². The lowest BCUT2D eigenvalue weighted by atomic mass is 9.91. The van der Waals surface area contributed by atoms with E-state index in [-0.39, 0.29) is 10.5 Å². The quantitative estimate of drug-likeness (QED) is 0.840. The third-order valence-electron chi connectivity index (χ3n) is 4.77. The number of methoxy groups -OCH3 is 1. The summed E-state index contributed by atoms with van der Waals surface area (Å²) < 4.78 is 30.1. The first-order valence-electron chi connectivity index (χ1n) is 7.52. The molecule has 2 heterocycles. The molecule has 3 rings (SSSR count). The molecule has 3 nitrogen and oxygen atoms in total. The van der Waals surface area contributed by atoms with Crippen molar-refractivity contribution in [2.45, 2.75) is 50.0 Å². The van der Waals surface area contributed by atoms with Gasteiger partial charge in [0.25, 0.3) is 0 Å². The minimum atomic E-state index is -2.94. The van der Waals surface area contributed by atoms with Gasteiger partial charge in [0.2, 0.25) is 0 Å². The molecule has 0 saturated carbocycles. The third kappa shape index (κ3) is 2.39. The Balaban J connectivity index is 2.04. The second kappa shape index (κ2) is 5.16. The molecular weight excluding hydrogens is 284 g/mol. The highest BCUT2D eigenvalue weighted by Gasteiger charge is 2.40. The maximum absolute atomic E-state index is 12.3. The number of hydrogen-bond acceptors (Lipinski definition) is 3. The first-order valence-corrected chi connectivity index (χ1v) is 9.13. The number of fused-ring (bicyclic) bond motifs is 2. The van der Waals surface area contributed by atoms with E-state index in [0.29, 0.717) is 6.42 Å². The smallest absolute Gasteiger partial charge is 0.159 e. The van der Waals surface area contributed by atoms with Crippen LogP contribution in [0.3, 0.4) is 0 Å². The van der Waals surface area contributed by atoms with Gasteiger partial charge in [0.05, 0.1) is 17.6 Å². The van der Waals surface area contributed by atoms with E-state index in [2.05, 4.69) is 12.1 Å². The topological polar surface area (TPSA) is 43.4 Å². The highest BCUT2D eigenvalue weighted by atomic mass is 32.2. The Hall–Kier alpha value is -1.29. The lowest BCUT2D eigenvalue weighted by Gasteiger charge is -2.33. The Morgan fingerprint density at radius 3 is 2.38 bits per heavy atom. The molecule has 4 heteroatoms. The predicted octanol–water partition coefficient (Wildman–Crippen LogP) is 3.44. The zero-order chi connectivity index (χ0) is 15.2. The van der Waals surface area contributed by atoms with Crippen molar-refractivity contribution in [1.29, 1.82) is 0 Å². The van der Waals surface area contributed by atoms with Crippen LogP contribution in [-0.4, -0.2) is 26.0 Å². The molecule has 1 fully saturated rings. The van der Waals surface area contributed by atoms with Crippen LogP contribution < -0.4 is 4.74 Å². The molecule has 2 atom stereocenters. The highest BCUT2D eigenvalue weighted by Crippen LogP contribution is 2.40. The van der Waals surface area contributed by atoms with E-state index in [1.165, 1.54) is 5.57 Å². The Morgan fingerprint density at radius 2 is 1.81 bits per heavy atom. The third-order valence-corrected chi connectivity index (χ3v) is 7.32. The second-order valence-electron chi connectivity index (χ2n) is 6.22. The van der Waals surface area contributed by atoms with Crippen molar-refractivity contribution in [3.63, 3.8) is 0 Å². The molecule has 2 unspecified atom stereocenters. The molecule has 0 spiro atoms. The molecule has 2 aliphatic rings. The molecule has 0 radical (unpaired) electrons. The molecule has 0 N–H and O–H groups in total. The van der Waals surface area contributed by atoms with E-state index in [4.69, 9.17) is 4.74 Å². The Kier molecular flexibility index (Phi) is 3.60. The summed E-state index contributed by atoms with van der Waals surface area (Å²) in [6.45, 7) is 4.08. The predicted molar refractivity (Wildman–Crippen MR) is 85.4 cm³/mol. The monoisotopic (exact) mass is 306 g/mol. The van der Waals surface area contributed by atoms with Gasteiger partial charge in [0.1, 0.15) is 5.75 Å². The number of benzene rings is 1. The van der Waals surface area contributed by atoms with Crippen molar-refractivity contribution in [3.8, 4) is 5.75 Å². The summed E-state index contributed by atoms with van der Waals surface area (Å²) in [6, 6.07) is 4.23. The number of ether oxygens (including phenoxy) is 1. The number of aryl methyl sites for hydroxylation is 2. The molecule has 21 heavy (non-hydrogen) atoms.